The second kappa shape index (κ2) is 4.72. The van der Waals surface area contributed by atoms with E-state index < -0.39 is 18.4 Å². The van der Waals surface area contributed by atoms with Crippen LogP contribution in [0.15, 0.2) is 12.7 Å². The van der Waals surface area contributed by atoms with Gasteiger partial charge in [0.25, 0.3) is 0 Å². The highest BCUT2D eigenvalue weighted by molar-refractivity contribution is 5.82. The molecule has 0 aliphatic carbocycles. The molecule has 3 rings (SSSR count). The van der Waals surface area contributed by atoms with Gasteiger partial charge in [0.05, 0.1) is 19.0 Å². The normalized spacial score (nSPS) is 27.6. The van der Waals surface area contributed by atoms with E-state index in [1.165, 1.54) is 6.33 Å². The fraction of sp³-hybridized carbons (Fsp3) is 0.545. The van der Waals surface area contributed by atoms with Crippen LogP contribution in [-0.2, 0) is 4.74 Å². The van der Waals surface area contributed by atoms with Crippen LogP contribution in [0.2, 0.25) is 0 Å². The van der Waals surface area contributed by atoms with Crippen molar-refractivity contribution < 1.29 is 14.9 Å². The Morgan fingerprint density at radius 1 is 1.37 bits per heavy atom. The van der Waals surface area contributed by atoms with Crippen LogP contribution in [0.5, 0.6) is 0 Å². The van der Waals surface area contributed by atoms with Crippen molar-refractivity contribution in [3.05, 3.63) is 12.7 Å². The molecule has 0 radical (unpaired) electrons. The molecule has 1 aliphatic rings. The molecule has 2 aromatic rings. The first-order valence-electron chi connectivity index (χ1n) is 6.03. The van der Waals surface area contributed by atoms with Crippen LogP contribution in [0.25, 0.3) is 11.2 Å². The number of aliphatic hydroxyl groups is 2. The molecule has 1 fully saturated rings. The van der Waals surface area contributed by atoms with Gasteiger partial charge in [0.1, 0.15) is 17.9 Å². The van der Waals surface area contributed by atoms with Crippen molar-refractivity contribution in [2.45, 2.75) is 24.9 Å². The van der Waals surface area contributed by atoms with Gasteiger partial charge in [-0.1, -0.05) is 0 Å². The van der Waals surface area contributed by atoms with E-state index in [1.807, 2.05) is 0 Å². The van der Waals surface area contributed by atoms with E-state index in [9.17, 15) is 10.2 Å². The van der Waals surface area contributed by atoms with Crippen LogP contribution < -0.4 is 5.32 Å². The topological polar surface area (TPSA) is 105 Å². The molecule has 0 unspecified atom stereocenters. The highest BCUT2D eigenvalue weighted by atomic mass is 16.5. The highest BCUT2D eigenvalue weighted by Gasteiger charge is 2.31. The number of aliphatic hydroxyl groups excluding tert-OH is 2. The highest BCUT2D eigenvalue weighted by Crippen LogP contribution is 2.27. The van der Waals surface area contributed by atoms with Crippen LogP contribution in [0, 0.1) is 0 Å². The molecule has 2 aromatic heterocycles. The first kappa shape index (κ1) is 12.3. The number of anilines is 1. The van der Waals surface area contributed by atoms with Gasteiger partial charge in [-0.2, -0.15) is 0 Å². The zero-order valence-corrected chi connectivity index (χ0v) is 10.4. The van der Waals surface area contributed by atoms with E-state index in [4.69, 9.17) is 4.74 Å². The predicted octanol–water partition coefficient (Wildman–Crippen LogP) is -0.491. The minimum atomic E-state index is -0.797. The van der Waals surface area contributed by atoms with Crippen LogP contribution in [0.3, 0.4) is 0 Å². The molecular formula is C11H15N5O3. The monoisotopic (exact) mass is 265 g/mol. The van der Waals surface area contributed by atoms with E-state index in [2.05, 4.69) is 20.3 Å². The second-order valence-corrected chi connectivity index (χ2v) is 4.48. The number of aromatic nitrogens is 4. The second-order valence-electron chi connectivity index (χ2n) is 4.48. The molecular weight excluding hydrogens is 250 g/mol. The first-order valence-corrected chi connectivity index (χ1v) is 6.03. The smallest absolute Gasteiger partial charge is 0.167 e. The van der Waals surface area contributed by atoms with Gasteiger partial charge < -0.3 is 20.3 Å². The van der Waals surface area contributed by atoms with E-state index in [-0.39, 0.29) is 13.0 Å². The average Bonchev–Trinajstić information content (AvgIpc) is 2.82. The fourth-order valence-corrected chi connectivity index (χ4v) is 2.27. The van der Waals surface area contributed by atoms with Crippen molar-refractivity contribution in [1.82, 2.24) is 19.5 Å². The molecule has 19 heavy (non-hydrogen) atoms. The summed E-state index contributed by atoms with van der Waals surface area (Å²) in [5.41, 5.74) is 1.20. The first-order chi connectivity index (χ1) is 9.20. The van der Waals surface area contributed by atoms with Gasteiger partial charge in [-0.05, 0) is 0 Å². The van der Waals surface area contributed by atoms with Gasteiger partial charge >= 0.3 is 0 Å². The zero-order chi connectivity index (χ0) is 13.4. The lowest BCUT2D eigenvalue weighted by molar-refractivity contribution is -0.153. The summed E-state index contributed by atoms with van der Waals surface area (Å²) in [5.74, 6) is 0.620. The van der Waals surface area contributed by atoms with Crippen LogP contribution in [0.1, 0.15) is 12.6 Å². The number of ether oxygens (including phenoxy) is 1. The van der Waals surface area contributed by atoms with Gasteiger partial charge in [0.15, 0.2) is 17.7 Å². The van der Waals surface area contributed by atoms with Gasteiger partial charge in [-0.15, -0.1) is 0 Å². The number of rotatable bonds is 2. The quantitative estimate of drug-likeness (QED) is 0.672. The largest absolute Gasteiger partial charge is 0.391 e. The molecule has 0 bridgehead atoms. The number of hydrogen-bond acceptors (Lipinski definition) is 7. The number of nitrogens with zero attached hydrogens (tertiary/aromatic N) is 4. The maximum Gasteiger partial charge on any atom is 0.167 e. The van der Waals surface area contributed by atoms with Crippen molar-refractivity contribution >= 4 is 17.0 Å². The summed E-state index contributed by atoms with van der Waals surface area (Å²) in [6.45, 7) is 0.186. The van der Waals surface area contributed by atoms with Crippen molar-refractivity contribution in [2.75, 3.05) is 19.0 Å². The lowest BCUT2D eigenvalue weighted by Crippen LogP contribution is -2.38. The minimum absolute atomic E-state index is 0.186. The Morgan fingerprint density at radius 3 is 2.95 bits per heavy atom. The van der Waals surface area contributed by atoms with E-state index in [0.717, 1.165) is 0 Å². The molecule has 0 amide bonds. The summed E-state index contributed by atoms with van der Waals surface area (Å²) in [7, 11) is 1.75. The Morgan fingerprint density at radius 2 is 2.21 bits per heavy atom. The Labute approximate surface area is 109 Å². The summed E-state index contributed by atoms with van der Waals surface area (Å²) >= 11 is 0. The van der Waals surface area contributed by atoms with E-state index in [0.29, 0.717) is 17.0 Å². The number of hydrogen-bond donors (Lipinski definition) is 3. The third-order valence-electron chi connectivity index (χ3n) is 3.17. The molecule has 0 saturated carbocycles. The predicted molar refractivity (Wildman–Crippen MR) is 66.5 cm³/mol. The van der Waals surface area contributed by atoms with Gasteiger partial charge in [-0.3, -0.25) is 4.57 Å². The zero-order valence-electron chi connectivity index (χ0n) is 10.4. The van der Waals surface area contributed by atoms with Gasteiger partial charge in [0.2, 0.25) is 0 Å². The number of nitrogens with one attached hydrogen (secondary N) is 1. The Kier molecular flexibility index (Phi) is 3.05. The van der Waals surface area contributed by atoms with Crippen molar-refractivity contribution in [2.24, 2.45) is 0 Å². The maximum absolute atomic E-state index is 10.0. The summed E-state index contributed by atoms with van der Waals surface area (Å²) < 4.78 is 7.13. The van der Waals surface area contributed by atoms with Gasteiger partial charge in [-0.25, -0.2) is 15.0 Å². The molecule has 1 aliphatic heterocycles. The Hall–Kier alpha value is -1.77. The minimum Gasteiger partial charge on any atom is -0.391 e. The lowest BCUT2D eigenvalue weighted by Gasteiger charge is -2.31. The van der Waals surface area contributed by atoms with Crippen molar-refractivity contribution in [3.63, 3.8) is 0 Å². The molecule has 8 nitrogen and oxygen atoms in total. The maximum atomic E-state index is 10.0. The van der Waals surface area contributed by atoms with E-state index in [1.54, 1.807) is 17.9 Å². The molecule has 0 aromatic carbocycles. The summed E-state index contributed by atoms with van der Waals surface area (Å²) in [6, 6.07) is 0. The molecule has 3 atom stereocenters. The van der Waals surface area contributed by atoms with Crippen LogP contribution >= 0.6 is 0 Å². The Bertz CT molecular complexity index is 587. The number of fused-ring (bicyclic) bond motifs is 1. The molecule has 102 valence electrons. The standard InChI is InChI=1S/C11H15N5O3/c1-12-9-8-10(14-4-13-9)16(5-15-8)11-7(18)2-6(17)3-19-11/h4-7,11,17-18H,2-3H2,1H3,(H,12,13,14)/t6-,7+,11+/m0/s1. The molecule has 1 saturated heterocycles. The SMILES string of the molecule is CNc1ncnc2c1ncn2[C@@H]1OC[C@@H](O)C[C@H]1O. The van der Waals surface area contributed by atoms with Crippen LogP contribution in [0.4, 0.5) is 5.82 Å². The summed E-state index contributed by atoms with van der Waals surface area (Å²) in [4.78, 5) is 12.5. The third kappa shape index (κ3) is 2.03. The number of imidazole rings is 1. The van der Waals surface area contributed by atoms with Crippen molar-refractivity contribution in [1.29, 1.82) is 0 Å². The third-order valence-corrected chi connectivity index (χ3v) is 3.17. The molecule has 0 spiro atoms. The average molecular weight is 265 g/mol. The van der Waals surface area contributed by atoms with Gasteiger partial charge in [0, 0.05) is 13.5 Å². The Balaban J connectivity index is 2.01. The fourth-order valence-electron chi connectivity index (χ4n) is 2.27. The molecule has 8 heteroatoms. The molecule has 3 heterocycles. The summed E-state index contributed by atoms with van der Waals surface area (Å²) in [6.07, 6.45) is 1.24. The summed E-state index contributed by atoms with van der Waals surface area (Å²) in [5, 5.41) is 22.4. The molecule has 3 N–H and O–H groups in total. The van der Waals surface area contributed by atoms with Crippen LogP contribution in [-0.4, -0.2) is 55.6 Å². The lowest BCUT2D eigenvalue weighted by atomic mass is 10.1. The van der Waals surface area contributed by atoms with E-state index >= 15 is 0 Å². The van der Waals surface area contributed by atoms with Crippen molar-refractivity contribution in [3.8, 4) is 0 Å².